The fourth-order valence-corrected chi connectivity index (χ4v) is 1.60. The lowest BCUT2D eigenvalue weighted by Crippen LogP contribution is -2.07. The summed E-state index contributed by atoms with van der Waals surface area (Å²) in [5, 5.41) is 9.59. The highest BCUT2D eigenvalue weighted by Crippen LogP contribution is 2.36. The van der Waals surface area contributed by atoms with E-state index in [-0.39, 0.29) is 11.1 Å². The summed E-state index contributed by atoms with van der Waals surface area (Å²) in [6, 6.07) is 3.88. The molecule has 0 aliphatic rings. The van der Waals surface area contributed by atoms with Crippen LogP contribution in [0.15, 0.2) is 24.4 Å². The van der Waals surface area contributed by atoms with Crippen molar-refractivity contribution >= 4 is 10.8 Å². The number of alkyl halides is 3. The Morgan fingerprint density at radius 2 is 1.88 bits per heavy atom. The molecule has 0 amide bonds. The van der Waals surface area contributed by atoms with Gasteiger partial charge in [-0.3, -0.25) is 4.98 Å². The number of halogens is 3. The van der Waals surface area contributed by atoms with Crippen LogP contribution >= 0.6 is 0 Å². The minimum atomic E-state index is -4.47. The summed E-state index contributed by atoms with van der Waals surface area (Å²) in [6.07, 6.45) is -3.68. The zero-order chi connectivity index (χ0) is 11.9. The Morgan fingerprint density at radius 3 is 2.50 bits per heavy atom. The van der Waals surface area contributed by atoms with E-state index in [4.69, 9.17) is 0 Å². The number of aryl methyl sites for hydroxylation is 1. The molecule has 0 unspecified atom stereocenters. The lowest BCUT2D eigenvalue weighted by molar-refractivity contribution is -0.136. The fourth-order valence-electron chi connectivity index (χ4n) is 1.60. The van der Waals surface area contributed by atoms with Gasteiger partial charge in [-0.05, 0) is 25.1 Å². The maximum Gasteiger partial charge on any atom is 0.418 e. The number of phenols is 1. The van der Waals surface area contributed by atoms with E-state index in [2.05, 4.69) is 4.98 Å². The molecule has 0 fully saturated rings. The highest BCUT2D eigenvalue weighted by atomic mass is 19.4. The Bertz CT molecular complexity index is 549. The van der Waals surface area contributed by atoms with Crippen molar-refractivity contribution in [3.8, 4) is 5.75 Å². The van der Waals surface area contributed by atoms with E-state index < -0.39 is 11.7 Å². The first-order chi connectivity index (χ1) is 7.39. The number of benzene rings is 1. The summed E-state index contributed by atoms with van der Waals surface area (Å²) in [6.45, 7) is 1.62. The second-order valence-electron chi connectivity index (χ2n) is 3.48. The minimum Gasteiger partial charge on any atom is -0.508 e. The van der Waals surface area contributed by atoms with Crippen molar-refractivity contribution in [2.24, 2.45) is 0 Å². The van der Waals surface area contributed by atoms with Crippen LogP contribution < -0.4 is 0 Å². The number of hydrogen-bond acceptors (Lipinski definition) is 2. The molecule has 0 saturated heterocycles. The van der Waals surface area contributed by atoms with Crippen molar-refractivity contribution in [1.82, 2.24) is 4.98 Å². The van der Waals surface area contributed by atoms with Crippen LogP contribution in [0.25, 0.3) is 10.8 Å². The van der Waals surface area contributed by atoms with Crippen LogP contribution in [-0.2, 0) is 6.18 Å². The van der Waals surface area contributed by atoms with Gasteiger partial charge >= 0.3 is 6.18 Å². The van der Waals surface area contributed by atoms with Crippen LogP contribution in [0.2, 0.25) is 0 Å². The highest BCUT2D eigenvalue weighted by molar-refractivity contribution is 5.88. The largest absolute Gasteiger partial charge is 0.508 e. The molecule has 2 rings (SSSR count). The van der Waals surface area contributed by atoms with Crippen LogP contribution in [0.3, 0.4) is 0 Å². The summed E-state index contributed by atoms with van der Waals surface area (Å²) < 4.78 is 38.0. The van der Waals surface area contributed by atoms with Crippen molar-refractivity contribution in [3.63, 3.8) is 0 Å². The predicted octanol–water partition coefficient (Wildman–Crippen LogP) is 3.27. The van der Waals surface area contributed by atoms with Gasteiger partial charge in [0.2, 0.25) is 0 Å². The van der Waals surface area contributed by atoms with Gasteiger partial charge in [-0.25, -0.2) is 0 Å². The molecule has 16 heavy (non-hydrogen) atoms. The van der Waals surface area contributed by atoms with Crippen LogP contribution in [0.4, 0.5) is 13.2 Å². The van der Waals surface area contributed by atoms with Crippen molar-refractivity contribution in [2.75, 3.05) is 0 Å². The van der Waals surface area contributed by atoms with Gasteiger partial charge in [-0.2, -0.15) is 13.2 Å². The molecule has 1 N–H and O–H groups in total. The van der Waals surface area contributed by atoms with E-state index in [0.717, 1.165) is 12.3 Å². The van der Waals surface area contributed by atoms with Crippen LogP contribution in [-0.4, -0.2) is 10.1 Å². The molecule has 0 bridgehead atoms. The normalized spacial score (nSPS) is 12.0. The summed E-state index contributed by atoms with van der Waals surface area (Å²) in [5.41, 5.74) is -0.327. The first kappa shape index (κ1) is 10.7. The van der Waals surface area contributed by atoms with Crippen molar-refractivity contribution in [3.05, 3.63) is 35.7 Å². The average molecular weight is 227 g/mol. The maximum absolute atomic E-state index is 12.7. The van der Waals surface area contributed by atoms with Gasteiger partial charge in [0.1, 0.15) is 5.75 Å². The lowest BCUT2D eigenvalue weighted by atomic mass is 10.0. The molecular weight excluding hydrogens is 219 g/mol. The molecule has 5 heteroatoms. The number of fused-ring (bicyclic) bond motifs is 1. The molecule has 0 aliphatic heterocycles. The van der Waals surface area contributed by atoms with E-state index in [1.54, 1.807) is 6.92 Å². The number of aromatic hydroxyl groups is 1. The Hall–Kier alpha value is -1.78. The quantitative estimate of drug-likeness (QED) is 0.749. The molecule has 0 atom stereocenters. The predicted molar refractivity (Wildman–Crippen MR) is 53.1 cm³/mol. The number of pyridine rings is 1. The van der Waals surface area contributed by atoms with Crippen LogP contribution in [0.5, 0.6) is 5.75 Å². The Morgan fingerprint density at radius 1 is 1.19 bits per heavy atom. The zero-order valence-electron chi connectivity index (χ0n) is 8.34. The standard InChI is InChI=1S/C11H8F3NO/c1-6-8-3-2-7(16)4-9(8)10(5-15-6)11(12,13)14/h2-5,16H,1H3. The SMILES string of the molecule is Cc1ncc(C(F)(F)F)c2cc(O)ccc12. The monoisotopic (exact) mass is 227 g/mol. The number of nitrogens with zero attached hydrogens (tertiary/aromatic N) is 1. The fraction of sp³-hybridized carbons (Fsp3) is 0.182. The molecule has 2 nitrogen and oxygen atoms in total. The number of hydrogen-bond donors (Lipinski definition) is 1. The highest BCUT2D eigenvalue weighted by Gasteiger charge is 2.33. The summed E-state index contributed by atoms with van der Waals surface area (Å²) in [7, 11) is 0. The van der Waals surface area contributed by atoms with E-state index >= 15 is 0 Å². The molecule has 0 spiro atoms. The molecular formula is C11H8F3NO. The number of aromatic nitrogens is 1. The van der Waals surface area contributed by atoms with Crippen LogP contribution in [0, 0.1) is 6.92 Å². The van der Waals surface area contributed by atoms with E-state index in [1.807, 2.05) is 0 Å². The average Bonchev–Trinajstić information content (AvgIpc) is 2.15. The second kappa shape index (κ2) is 3.37. The Labute approximate surface area is 89.4 Å². The molecule has 1 aromatic carbocycles. The molecule has 2 aromatic rings. The first-order valence-electron chi connectivity index (χ1n) is 4.55. The number of phenolic OH excluding ortho intramolecular Hbond substituents is 1. The Kier molecular flexibility index (Phi) is 2.26. The summed E-state index contributed by atoms with van der Waals surface area (Å²) >= 11 is 0. The third-order valence-corrected chi connectivity index (χ3v) is 2.38. The van der Waals surface area contributed by atoms with E-state index in [0.29, 0.717) is 11.1 Å². The second-order valence-corrected chi connectivity index (χ2v) is 3.48. The molecule has 1 aromatic heterocycles. The van der Waals surface area contributed by atoms with Gasteiger partial charge in [0.25, 0.3) is 0 Å². The van der Waals surface area contributed by atoms with Gasteiger partial charge in [0, 0.05) is 22.7 Å². The maximum atomic E-state index is 12.7. The molecule has 1 heterocycles. The molecule has 0 saturated carbocycles. The van der Waals surface area contributed by atoms with Crippen molar-refractivity contribution in [2.45, 2.75) is 13.1 Å². The third kappa shape index (κ3) is 1.68. The topological polar surface area (TPSA) is 33.1 Å². The van der Waals surface area contributed by atoms with Gasteiger partial charge in [-0.15, -0.1) is 0 Å². The number of rotatable bonds is 0. The zero-order valence-corrected chi connectivity index (χ0v) is 8.34. The van der Waals surface area contributed by atoms with E-state index in [9.17, 15) is 18.3 Å². The van der Waals surface area contributed by atoms with Crippen molar-refractivity contribution < 1.29 is 18.3 Å². The summed E-state index contributed by atoms with van der Waals surface area (Å²) in [4.78, 5) is 3.70. The first-order valence-corrected chi connectivity index (χ1v) is 4.55. The van der Waals surface area contributed by atoms with Gasteiger partial charge in [-0.1, -0.05) is 0 Å². The third-order valence-electron chi connectivity index (χ3n) is 2.38. The molecule has 0 aliphatic carbocycles. The van der Waals surface area contributed by atoms with Gasteiger partial charge in [0.05, 0.1) is 5.56 Å². The smallest absolute Gasteiger partial charge is 0.418 e. The van der Waals surface area contributed by atoms with Crippen LogP contribution in [0.1, 0.15) is 11.3 Å². The molecule has 0 radical (unpaired) electrons. The molecule has 84 valence electrons. The van der Waals surface area contributed by atoms with Gasteiger partial charge < -0.3 is 5.11 Å². The Balaban J connectivity index is 2.86. The minimum absolute atomic E-state index is 0.0278. The van der Waals surface area contributed by atoms with Crippen molar-refractivity contribution in [1.29, 1.82) is 0 Å². The summed E-state index contributed by atoms with van der Waals surface area (Å²) in [5.74, 6) is -0.191. The van der Waals surface area contributed by atoms with Gasteiger partial charge in [0.15, 0.2) is 0 Å². The lowest BCUT2D eigenvalue weighted by Gasteiger charge is -2.11. The van der Waals surface area contributed by atoms with E-state index in [1.165, 1.54) is 12.1 Å².